The molecule has 1 aromatic carbocycles. The summed E-state index contributed by atoms with van der Waals surface area (Å²) in [6.45, 7) is 1.85. The third-order valence-electron chi connectivity index (χ3n) is 4.88. The Kier molecular flexibility index (Phi) is 9.29. The molecular formula is C20H29IN6O3S. The van der Waals surface area contributed by atoms with E-state index in [1.165, 1.54) is 0 Å². The third-order valence-corrected chi connectivity index (χ3v) is 6.56. The van der Waals surface area contributed by atoms with E-state index in [1.54, 1.807) is 22.8 Å². The molecule has 0 atom stereocenters. The number of carbonyl (C=O) groups excluding carboxylic acids is 1. The van der Waals surface area contributed by atoms with Crippen LogP contribution in [0.4, 0.5) is 5.69 Å². The van der Waals surface area contributed by atoms with Gasteiger partial charge in [0, 0.05) is 39.9 Å². The van der Waals surface area contributed by atoms with Crippen molar-refractivity contribution < 1.29 is 13.2 Å². The van der Waals surface area contributed by atoms with Crippen molar-refractivity contribution >= 4 is 51.4 Å². The fourth-order valence-corrected chi connectivity index (χ4v) is 4.83. The van der Waals surface area contributed by atoms with Crippen molar-refractivity contribution in [3.8, 4) is 0 Å². The molecule has 1 amide bonds. The Morgan fingerprint density at radius 3 is 2.58 bits per heavy atom. The lowest BCUT2D eigenvalue weighted by Crippen LogP contribution is -2.55. The Bertz CT molecular complexity index is 993. The molecule has 1 aliphatic rings. The Labute approximate surface area is 200 Å². The van der Waals surface area contributed by atoms with Gasteiger partial charge in [-0.25, -0.2) is 8.42 Å². The zero-order valence-corrected chi connectivity index (χ0v) is 20.9. The minimum Gasteiger partial charge on any atom is -0.356 e. The van der Waals surface area contributed by atoms with Gasteiger partial charge >= 0.3 is 0 Å². The summed E-state index contributed by atoms with van der Waals surface area (Å²) < 4.78 is 26.3. The van der Waals surface area contributed by atoms with E-state index in [4.69, 9.17) is 0 Å². The van der Waals surface area contributed by atoms with Crippen molar-refractivity contribution in [1.82, 2.24) is 20.0 Å². The summed E-state index contributed by atoms with van der Waals surface area (Å²) in [6, 6.07) is 9.18. The van der Waals surface area contributed by atoms with Gasteiger partial charge in [0.15, 0.2) is 15.8 Å². The lowest BCUT2D eigenvalue weighted by molar-refractivity contribution is -0.120. The number of piperazine rings is 1. The Hall–Kier alpha value is -2.15. The first-order valence-electron chi connectivity index (χ1n) is 9.87. The number of aryl methyl sites for hydroxylation is 1. The highest BCUT2D eigenvalue weighted by Gasteiger charge is 2.27. The van der Waals surface area contributed by atoms with Crippen LogP contribution in [0.25, 0.3) is 0 Å². The molecule has 2 aromatic rings. The molecule has 1 aromatic heterocycles. The fraction of sp³-hybridized carbons (Fsp3) is 0.450. The molecule has 1 saturated heterocycles. The van der Waals surface area contributed by atoms with Crippen molar-refractivity contribution in [3.05, 3.63) is 48.3 Å². The molecule has 9 nitrogen and oxygen atoms in total. The molecule has 0 spiro atoms. The number of hydrogen-bond donors (Lipinski definition) is 1. The molecule has 1 aliphatic heterocycles. The van der Waals surface area contributed by atoms with Crippen LogP contribution in [0.3, 0.4) is 0 Å². The zero-order valence-electron chi connectivity index (χ0n) is 17.8. The molecule has 3 rings (SSSR count). The minimum absolute atomic E-state index is 0. The van der Waals surface area contributed by atoms with E-state index in [0.29, 0.717) is 32.0 Å². The van der Waals surface area contributed by atoms with Crippen molar-refractivity contribution in [3.63, 3.8) is 0 Å². The lowest BCUT2D eigenvalue weighted by atomic mass is 10.2. The molecule has 0 aliphatic carbocycles. The summed E-state index contributed by atoms with van der Waals surface area (Å²) in [7, 11) is 0.304. The van der Waals surface area contributed by atoms with Gasteiger partial charge in [0.1, 0.15) is 6.54 Å². The standard InChI is InChI=1S/C20H28N6O3S.HI/c1-21-20(22-9-6-12-30(28,29)16-17-7-4-3-5-8-17)25-10-11-26(19(27)15-25)18-13-23-24(2)14-18;/h3-5,7-8,13-14H,6,9-12,15-16H2,1-2H3,(H,21,22);1H. The number of aliphatic imine (C=N–C) groups is 1. The molecule has 0 bridgehead atoms. The van der Waals surface area contributed by atoms with E-state index in [9.17, 15) is 13.2 Å². The van der Waals surface area contributed by atoms with Crippen LogP contribution >= 0.6 is 24.0 Å². The monoisotopic (exact) mass is 560 g/mol. The normalized spacial score (nSPS) is 15.0. The number of benzene rings is 1. The highest BCUT2D eigenvalue weighted by molar-refractivity contribution is 14.0. The van der Waals surface area contributed by atoms with Crippen LogP contribution in [0, 0.1) is 0 Å². The van der Waals surface area contributed by atoms with E-state index >= 15 is 0 Å². The quantitative estimate of drug-likeness (QED) is 0.237. The van der Waals surface area contributed by atoms with Crippen LogP contribution in [-0.2, 0) is 27.4 Å². The van der Waals surface area contributed by atoms with Crippen LogP contribution in [0.2, 0.25) is 0 Å². The van der Waals surface area contributed by atoms with Crippen LogP contribution in [0.1, 0.15) is 12.0 Å². The summed E-state index contributed by atoms with van der Waals surface area (Å²) in [5.41, 5.74) is 1.58. The number of aromatic nitrogens is 2. The van der Waals surface area contributed by atoms with E-state index in [-0.39, 0.29) is 47.9 Å². The predicted octanol–water partition coefficient (Wildman–Crippen LogP) is 1.27. The molecule has 2 heterocycles. The first-order chi connectivity index (χ1) is 14.4. The summed E-state index contributed by atoms with van der Waals surface area (Å²) >= 11 is 0. The highest BCUT2D eigenvalue weighted by Crippen LogP contribution is 2.16. The maximum atomic E-state index is 12.6. The van der Waals surface area contributed by atoms with Gasteiger partial charge < -0.3 is 15.1 Å². The fourth-order valence-electron chi connectivity index (χ4n) is 3.40. The van der Waals surface area contributed by atoms with Gasteiger partial charge in [-0.15, -0.1) is 24.0 Å². The number of anilines is 1. The van der Waals surface area contributed by atoms with Crippen LogP contribution < -0.4 is 10.2 Å². The lowest BCUT2D eigenvalue weighted by Gasteiger charge is -2.35. The molecule has 0 unspecified atom stereocenters. The largest absolute Gasteiger partial charge is 0.356 e. The van der Waals surface area contributed by atoms with Gasteiger partial charge in [-0.05, 0) is 12.0 Å². The van der Waals surface area contributed by atoms with Crippen LogP contribution in [0.5, 0.6) is 0 Å². The highest BCUT2D eigenvalue weighted by atomic mass is 127. The van der Waals surface area contributed by atoms with E-state index in [1.807, 2.05) is 48.5 Å². The van der Waals surface area contributed by atoms with Gasteiger partial charge in [0.05, 0.1) is 23.4 Å². The van der Waals surface area contributed by atoms with Crippen LogP contribution in [-0.4, -0.2) is 73.9 Å². The maximum absolute atomic E-state index is 12.6. The van der Waals surface area contributed by atoms with Crippen molar-refractivity contribution in [2.24, 2.45) is 12.0 Å². The average Bonchev–Trinajstić information content (AvgIpc) is 3.14. The first kappa shape index (κ1) is 25.1. The predicted molar refractivity (Wildman–Crippen MR) is 132 cm³/mol. The van der Waals surface area contributed by atoms with Gasteiger partial charge in [-0.2, -0.15) is 5.10 Å². The Morgan fingerprint density at radius 2 is 1.97 bits per heavy atom. The molecule has 11 heteroatoms. The molecule has 31 heavy (non-hydrogen) atoms. The SMILES string of the molecule is CN=C(NCCCS(=O)(=O)Cc1ccccc1)N1CCN(c2cnn(C)c2)C(=O)C1.I. The number of nitrogens with one attached hydrogen (secondary N) is 1. The summed E-state index contributed by atoms with van der Waals surface area (Å²) in [5.74, 6) is 0.727. The first-order valence-corrected chi connectivity index (χ1v) is 11.7. The van der Waals surface area contributed by atoms with Crippen LogP contribution in [0.15, 0.2) is 47.7 Å². The van der Waals surface area contributed by atoms with Gasteiger partial charge in [0.25, 0.3) is 0 Å². The maximum Gasteiger partial charge on any atom is 0.246 e. The number of carbonyl (C=O) groups is 1. The number of rotatable bonds is 7. The van der Waals surface area contributed by atoms with E-state index in [2.05, 4.69) is 15.4 Å². The number of halogens is 1. The average molecular weight is 560 g/mol. The molecule has 1 N–H and O–H groups in total. The number of hydrogen-bond acceptors (Lipinski definition) is 5. The number of amides is 1. The molecule has 170 valence electrons. The second-order valence-corrected chi connectivity index (χ2v) is 9.43. The van der Waals surface area contributed by atoms with E-state index < -0.39 is 9.84 Å². The minimum atomic E-state index is -3.17. The van der Waals surface area contributed by atoms with Crippen molar-refractivity contribution in [2.45, 2.75) is 12.2 Å². The van der Waals surface area contributed by atoms with Gasteiger partial charge in [-0.1, -0.05) is 30.3 Å². The zero-order chi connectivity index (χ0) is 21.6. The Balaban J connectivity index is 0.00000341. The van der Waals surface area contributed by atoms with Crippen molar-refractivity contribution in [1.29, 1.82) is 0 Å². The topological polar surface area (TPSA) is 99.9 Å². The van der Waals surface area contributed by atoms with E-state index in [0.717, 1.165) is 11.3 Å². The number of sulfone groups is 1. The molecule has 1 fully saturated rings. The molecule has 0 radical (unpaired) electrons. The number of guanidine groups is 1. The third kappa shape index (κ3) is 7.20. The second kappa shape index (κ2) is 11.5. The summed E-state index contributed by atoms with van der Waals surface area (Å²) in [5, 5.41) is 7.30. The van der Waals surface area contributed by atoms with Gasteiger partial charge in [0.2, 0.25) is 5.91 Å². The smallest absolute Gasteiger partial charge is 0.246 e. The summed E-state index contributed by atoms with van der Waals surface area (Å²) in [6.07, 6.45) is 3.96. The van der Waals surface area contributed by atoms with Crippen molar-refractivity contribution in [2.75, 3.05) is 43.9 Å². The molecule has 0 saturated carbocycles. The summed E-state index contributed by atoms with van der Waals surface area (Å²) in [4.78, 5) is 20.4. The molecular weight excluding hydrogens is 531 g/mol. The Morgan fingerprint density at radius 1 is 1.23 bits per heavy atom. The second-order valence-electron chi connectivity index (χ2n) is 7.24. The number of nitrogens with zero attached hydrogens (tertiary/aromatic N) is 5. The van der Waals surface area contributed by atoms with Gasteiger partial charge in [-0.3, -0.25) is 14.5 Å².